The molecule has 29 heavy (non-hydrogen) atoms. The molecule has 0 saturated heterocycles. The Labute approximate surface area is 166 Å². The molecule has 5 rings (SSSR count). The van der Waals surface area contributed by atoms with Crippen molar-refractivity contribution in [3.8, 4) is 11.3 Å². The quantitative estimate of drug-likeness (QED) is 0.501. The zero-order chi connectivity index (χ0) is 19.8. The predicted octanol–water partition coefficient (Wildman–Crippen LogP) is 4.51. The highest BCUT2D eigenvalue weighted by molar-refractivity contribution is 6.12. The van der Waals surface area contributed by atoms with Crippen LogP contribution in [-0.2, 0) is 0 Å². The van der Waals surface area contributed by atoms with E-state index in [1.54, 1.807) is 4.52 Å². The third-order valence-electron chi connectivity index (χ3n) is 4.89. The maximum Gasteiger partial charge on any atom is 0.256 e. The van der Waals surface area contributed by atoms with E-state index in [-0.39, 0.29) is 5.91 Å². The van der Waals surface area contributed by atoms with Crippen molar-refractivity contribution in [3.63, 3.8) is 0 Å². The van der Waals surface area contributed by atoms with Gasteiger partial charge in [-0.1, -0.05) is 48.5 Å². The van der Waals surface area contributed by atoms with Crippen molar-refractivity contribution in [2.45, 2.75) is 6.92 Å². The minimum absolute atomic E-state index is 0.130. The average molecular weight is 379 g/mol. The molecule has 140 valence electrons. The number of anilines is 1. The Morgan fingerprint density at radius 2 is 1.66 bits per heavy atom. The first-order valence-corrected chi connectivity index (χ1v) is 9.28. The van der Waals surface area contributed by atoms with E-state index in [4.69, 9.17) is 0 Å². The summed E-state index contributed by atoms with van der Waals surface area (Å²) in [7, 11) is 0. The van der Waals surface area contributed by atoms with E-state index in [1.807, 2.05) is 85.8 Å². The van der Waals surface area contributed by atoms with Crippen LogP contribution in [-0.4, -0.2) is 25.7 Å². The van der Waals surface area contributed by atoms with Gasteiger partial charge in [0, 0.05) is 16.8 Å². The molecule has 0 fully saturated rings. The number of nitrogens with zero attached hydrogens (tertiary/aromatic N) is 4. The van der Waals surface area contributed by atoms with Crippen molar-refractivity contribution in [2.75, 3.05) is 5.32 Å². The number of hydrogen-bond donors (Lipinski definition) is 1. The molecular formula is C23H17N5O. The van der Waals surface area contributed by atoms with Crippen molar-refractivity contribution in [1.29, 1.82) is 0 Å². The van der Waals surface area contributed by atoms with Crippen LogP contribution in [0.25, 0.3) is 27.7 Å². The van der Waals surface area contributed by atoms with E-state index in [0.29, 0.717) is 11.2 Å². The Morgan fingerprint density at radius 3 is 2.52 bits per heavy atom. The van der Waals surface area contributed by atoms with Crippen molar-refractivity contribution >= 4 is 28.0 Å². The summed E-state index contributed by atoms with van der Waals surface area (Å²) in [4.78, 5) is 12.8. The molecule has 1 amide bonds. The molecule has 0 aliphatic carbocycles. The number of hydrogen-bond acceptors (Lipinski definition) is 4. The molecule has 0 saturated carbocycles. The summed E-state index contributed by atoms with van der Waals surface area (Å²) >= 11 is 0. The van der Waals surface area contributed by atoms with Gasteiger partial charge in [0.2, 0.25) is 0 Å². The molecule has 6 heteroatoms. The number of rotatable bonds is 3. The summed E-state index contributed by atoms with van der Waals surface area (Å²) in [5, 5.41) is 17.6. The maximum absolute atomic E-state index is 12.8. The lowest BCUT2D eigenvalue weighted by molar-refractivity contribution is 0.102. The number of aromatic nitrogens is 4. The molecule has 0 aliphatic rings. The number of nitrogens with one attached hydrogen (secondary N) is 1. The van der Waals surface area contributed by atoms with E-state index in [0.717, 1.165) is 33.5 Å². The standard InChI is InChI=1S/C23H17N5O/c1-15-25-26-22-14-13-21(27-28(15)22)17-9-11-18(12-10-17)24-23(29)20-8-4-6-16-5-2-3-7-19(16)20/h2-14H,1H3,(H,24,29). The van der Waals surface area contributed by atoms with Crippen molar-refractivity contribution < 1.29 is 4.79 Å². The summed E-state index contributed by atoms with van der Waals surface area (Å²) in [6.45, 7) is 1.86. The first-order chi connectivity index (χ1) is 14.2. The summed E-state index contributed by atoms with van der Waals surface area (Å²) in [5.41, 5.74) is 3.86. The van der Waals surface area contributed by atoms with Gasteiger partial charge in [0.25, 0.3) is 5.91 Å². The highest BCUT2D eigenvalue weighted by Crippen LogP contribution is 2.22. The second-order valence-corrected chi connectivity index (χ2v) is 6.79. The van der Waals surface area contributed by atoms with Crippen LogP contribution in [0.2, 0.25) is 0 Å². The van der Waals surface area contributed by atoms with Crippen LogP contribution in [0.3, 0.4) is 0 Å². The lowest BCUT2D eigenvalue weighted by atomic mass is 10.0. The van der Waals surface area contributed by atoms with Gasteiger partial charge in [-0.15, -0.1) is 10.2 Å². The van der Waals surface area contributed by atoms with Crippen molar-refractivity contribution in [3.05, 3.63) is 90.3 Å². The Balaban J connectivity index is 1.41. The predicted molar refractivity (Wildman–Crippen MR) is 113 cm³/mol. The number of fused-ring (bicyclic) bond motifs is 2. The largest absolute Gasteiger partial charge is 0.322 e. The van der Waals surface area contributed by atoms with Crippen LogP contribution in [0.4, 0.5) is 5.69 Å². The number of benzene rings is 3. The van der Waals surface area contributed by atoms with E-state index >= 15 is 0 Å². The minimum atomic E-state index is -0.130. The van der Waals surface area contributed by atoms with Gasteiger partial charge in [0.05, 0.1) is 5.69 Å². The Bertz CT molecular complexity index is 1350. The number of carbonyl (C=O) groups excluding carboxylic acids is 1. The van der Waals surface area contributed by atoms with Crippen LogP contribution < -0.4 is 5.32 Å². The highest BCUT2D eigenvalue weighted by Gasteiger charge is 2.11. The summed E-state index contributed by atoms with van der Waals surface area (Å²) in [5.74, 6) is 0.607. The fourth-order valence-electron chi connectivity index (χ4n) is 3.40. The van der Waals surface area contributed by atoms with Crippen molar-refractivity contribution in [2.24, 2.45) is 0 Å². The summed E-state index contributed by atoms with van der Waals surface area (Å²) in [6.07, 6.45) is 0. The van der Waals surface area contributed by atoms with E-state index < -0.39 is 0 Å². The summed E-state index contributed by atoms with van der Waals surface area (Å²) < 4.78 is 1.71. The molecule has 5 aromatic rings. The lowest BCUT2D eigenvalue weighted by Gasteiger charge is -2.09. The monoisotopic (exact) mass is 379 g/mol. The van der Waals surface area contributed by atoms with Gasteiger partial charge < -0.3 is 5.32 Å². The van der Waals surface area contributed by atoms with Crippen LogP contribution >= 0.6 is 0 Å². The fourth-order valence-corrected chi connectivity index (χ4v) is 3.40. The summed E-state index contributed by atoms with van der Waals surface area (Å²) in [6, 6.07) is 25.0. The SMILES string of the molecule is Cc1nnc2ccc(-c3ccc(NC(=O)c4cccc5ccccc45)cc3)nn12. The van der Waals surface area contributed by atoms with Crippen LogP contribution in [0.1, 0.15) is 16.2 Å². The van der Waals surface area contributed by atoms with Gasteiger partial charge in [0.15, 0.2) is 11.5 Å². The first kappa shape index (κ1) is 17.1. The smallest absolute Gasteiger partial charge is 0.256 e. The third kappa shape index (κ3) is 3.10. The lowest BCUT2D eigenvalue weighted by Crippen LogP contribution is -2.12. The molecular weight excluding hydrogens is 362 g/mol. The molecule has 2 aromatic heterocycles. The average Bonchev–Trinajstić information content (AvgIpc) is 3.14. The zero-order valence-electron chi connectivity index (χ0n) is 15.7. The molecule has 0 bridgehead atoms. The zero-order valence-corrected chi connectivity index (χ0v) is 15.7. The molecule has 0 atom stereocenters. The van der Waals surface area contributed by atoms with Gasteiger partial charge in [-0.05, 0) is 48.0 Å². The van der Waals surface area contributed by atoms with Gasteiger partial charge in [-0.2, -0.15) is 9.61 Å². The van der Waals surface area contributed by atoms with E-state index in [9.17, 15) is 4.79 Å². The number of carbonyl (C=O) groups is 1. The Kier molecular flexibility index (Phi) is 4.02. The highest BCUT2D eigenvalue weighted by atomic mass is 16.1. The molecule has 0 unspecified atom stereocenters. The topological polar surface area (TPSA) is 72.2 Å². The molecule has 0 aliphatic heterocycles. The molecule has 2 heterocycles. The van der Waals surface area contributed by atoms with Gasteiger partial charge >= 0.3 is 0 Å². The normalized spacial score (nSPS) is 11.1. The molecule has 0 spiro atoms. The van der Waals surface area contributed by atoms with Crippen LogP contribution in [0.5, 0.6) is 0 Å². The second kappa shape index (κ2) is 6.83. The van der Waals surface area contributed by atoms with Gasteiger partial charge in [0.1, 0.15) is 0 Å². The molecule has 1 N–H and O–H groups in total. The van der Waals surface area contributed by atoms with Crippen LogP contribution in [0, 0.1) is 6.92 Å². The fraction of sp³-hybridized carbons (Fsp3) is 0.0435. The first-order valence-electron chi connectivity index (χ1n) is 9.28. The molecule has 6 nitrogen and oxygen atoms in total. The maximum atomic E-state index is 12.8. The minimum Gasteiger partial charge on any atom is -0.322 e. The van der Waals surface area contributed by atoms with Crippen LogP contribution in [0.15, 0.2) is 78.9 Å². The number of amides is 1. The number of aryl methyl sites for hydroxylation is 1. The van der Waals surface area contributed by atoms with Gasteiger partial charge in [-0.3, -0.25) is 4.79 Å². The van der Waals surface area contributed by atoms with E-state index in [1.165, 1.54) is 0 Å². The third-order valence-corrected chi connectivity index (χ3v) is 4.89. The Morgan fingerprint density at radius 1 is 0.862 bits per heavy atom. The second-order valence-electron chi connectivity index (χ2n) is 6.79. The molecule has 3 aromatic carbocycles. The molecule has 0 radical (unpaired) electrons. The van der Waals surface area contributed by atoms with Crippen molar-refractivity contribution in [1.82, 2.24) is 19.8 Å². The van der Waals surface area contributed by atoms with Gasteiger partial charge in [-0.25, -0.2) is 0 Å². The Hall–Kier alpha value is -4.06. The van der Waals surface area contributed by atoms with E-state index in [2.05, 4.69) is 20.6 Å².